The van der Waals surface area contributed by atoms with Gasteiger partial charge in [-0.05, 0) is 37.1 Å². The highest BCUT2D eigenvalue weighted by Gasteiger charge is 2.35. The van der Waals surface area contributed by atoms with Crippen molar-refractivity contribution < 1.29 is 4.74 Å². The zero-order valence-corrected chi connectivity index (χ0v) is 11.7. The van der Waals surface area contributed by atoms with Gasteiger partial charge in [-0.2, -0.15) is 0 Å². The number of rotatable bonds is 2. The first-order valence-electron chi connectivity index (χ1n) is 6.74. The lowest BCUT2D eigenvalue weighted by molar-refractivity contribution is -0.0160. The van der Waals surface area contributed by atoms with Crippen molar-refractivity contribution in [3.8, 4) is 0 Å². The number of nitrogens with zero attached hydrogens (tertiary/aromatic N) is 1. The average Bonchev–Trinajstić information content (AvgIpc) is 2.77. The van der Waals surface area contributed by atoms with Crippen molar-refractivity contribution >= 4 is 11.4 Å². The van der Waals surface area contributed by atoms with Gasteiger partial charge in [-0.25, -0.2) is 0 Å². The van der Waals surface area contributed by atoms with Crippen LogP contribution in [0.5, 0.6) is 0 Å². The van der Waals surface area contributed by atoms with Gasteiger partial charge >= 0.3 is 0 Å². The molecule has 102 valence electrons. The molecule has 0 bridgehead atoms. The largest absolute Gasteiger partial charge is 0.399 e. The van der Waals surface area contributed by atoms with E-state index in [0.29, 0.717) is 0 Å². The van der Waals surface area contributed by atoms with E-state index >= 15 is 0 Å². The molecule has 0 radical (unpaired) electrons. The van der Waals surface area contributed by atoms with Gasteiger partial charge in [0.25, 0.3) is 0 Å². The average molecular weight is 266 g/mol. The number of hydrogen-bond donors (Lipinski definition) is 1. The quantitative estimate of drug-likeness (QED) is 0.845. The summed E-state index contributed by atoms with van der Waals surface area (Å²) in [6, 6.07) is 18.0. The van der Waals surface area contributed by atoms with Gasteiger partial charge in [0.2, 0.25) is 0 Å². The zero-order valence-electron chi connectivity index (χ0n) is 11.7. The van der Waals surface area contributed by atoms with Crippen LogP contribution in [0.15, 0.2) is 59.6 Å². The molecule has 0 fully saturated rings. The predicted molar refractivity (Wildman–Crippen MR) is 81.7 cm³/mol. The fourth-order valence-electron chi connectivity index (χ4n) is 2.44. The molecule has 0 spiro atoms. The number of nitrogen functional groups attached to an aromatic ring is 1. The van der Waals surface area contributed by atoms with E-state index in [0.717, 1.165) is 22.5 Å². The summed E-state index contributed by atoms with van der Waals surface area (Å²) in [7, 11) is 0. The molecule has 1 heterocycles. The Kier molecular flexibility index (Phi) is 3.07. The molecule has 2 aromatic rings. The normalized spacial score (nSPS) is 20.7. The van der Waals surface area contributed by atoms with E-state index in [1.807, 2.05) is 56.3 Å². The summed E-state index contributed by atoms with van der Waals surface area (Å²) in [5.74, 6) is 0. The van der Waals surface area contributed by atoms with Crippen LogP contribution in [0.1, 0.15) is 31.1 Å². The molecule has 1 aliphatic rings. The van der Waals surface area contributed by atoms with E-state index in [9.17, 15) is 0 Å². The van der Waals surface area contributed by atoms with E-state index in [1.165, 1.54) is 0 Å². The first-order chi connectivity index (χ1) is 9.55. The molecule has 0 aliphatic carbocycles. The Labute approximate surface area is 119 Å². The van der Waals surface area contributed by atoms with Crippen LogP contribution in [0.25, 0.3) is 0 Å². The van der Waals surface area contributed by atoms with Gasteiger partial charge in [0, 0.05) is 5.69 Å². The smallest absolute Gasteiger partial charge is 0.155 e. The Morgan fingerprint density at radius 3 is 2.30 bits per heavy atom. The Bertz CT molecular complexity index is 630. The van der Waals surface area contributed by atoms with Crippen molar-refractivity contribution in [3.63, 3.8) is 0 Å². The maximum absolute atomic E-state index is 6.10. The molecule has 1 aliphatic heterocycles. The summed E-state index contributed by atoms with van der Waals surface area (Å²) in [6.45, 7) is 3.96. The Balaban J connectivity index is 2.02. The number of hydrogen-bond acceptors (Lipinski definition) is 3. The van der Waals surface area contributed by atoms with Crippen molar-refractivity contribution in [1.29, 1.82) is 0 Å². The number of benzene rings is 2. The number of aliphatic imine (C=N–C) groups is 1. The van der Waals surface area contributed by atoms with Crippen molar-refractivity contribution in [2.45, 2.75) is 25.7 Å². The number of anilines is 1. The minimum atomic E-state index is -0.503. The van der Waals surface area contributed by atoms with Crippen LogP contribution < -0.4 is 5.73 Å². The topological polar surface area (TPSA) is 47.6 Å². The van der Waals surface area contributed by atoms with Gasteiger partial charge in [-0.3, -0.25) is 4.99 Å². The minimum Gasteiger partial charge on any atom is -0.399 e. The number of ether oxygens (including phenoxy) is 1. The maximum atomic E-state index is 6.10. The molecule has 1 atom stereocenters. The lowest BCUT2D eigenvalue weighted by Gasteiger charge is -2.18. The van der Waals surface area contributed by atoms with E-state index in [4.69, 9.17) is 15.5 Å². The molecule has 0 saturated carbocycles. The second-order valence-electron chi connectivity index (χ2n) is 5.47. The maximum Gasteiger partial charge on any atom is 0.155 e. The van der Waals surface area contributed by atoms with Gasteiger partial charge in [0.05, 0.1) is 5.71 Å². The molecule has 20 heavy (non-hydrogen) atoms. The van der Waals surface area contributed by atoms with Gasteiger partial charge in [0.1, 0.15) is 6.10 Å². The fraction of sp³-hybridized carbons (Fsp3) is 0.235. The lowest BCUT2D eigenvalue weighted by Crippen LogP contribution is -2.18. The fourth-order valence-corrected chi connectivity index (χ4v) is 2.44. The van der Waals surface area contributed by atoms with Crippen molar-refractivity contribution in [2.75, 3.05) is 5.73 Å². The molecular weight excluding hydrogens is 248 g/mol. The van der Waals surface area contributed by atoms with Crippen LogP contribution in [0.3, 0.4) is 0 Å². The Morgan fingerprint density at radius 2 is 1.65 bits per heavy atom. The summed E-state index contributed by atoms with van der Waals surface area (Å²) < 4.78 is 6.10. The number of nitrogens with two attached hydrogens (primary N) is 1. The summed E-state index contributed by atoms with van der Waals surface area (Å²) in [5.41, 5.74) is 9.15. The van der Waals surface area contributed by atoms with E-state index in [1.54, 1.807) is 0 Å². The third-order valence-electron chi connectivity index (χ3n) is 3.35. The van der Waals surface area contributed by atoms with Crippen molar-refractivity contribution in [2.24, 2.45) is 4.99 Å². The minimum absolute atomic E-state index is 0.145. The second kappa shape index (κ2) is 4.76. The van der Waals surface area contributed by atoms with Crippen LogP contribution in [0, 0.1) is 0 Å². The first-order valence-corrected chi connectivity index (χ1v) is 6.74. The Morgan fingerprint density at radius 1 is 1.00 bits per heavy atom. The van der Waals surface area contributed by atoms with Gasteiger partial charge in [-0.15, -0.1) is 0 Å². The molecule has 0 aromatic heterocycles. The van der Waals surface area contributed by atoms with E-state index in [2.05, 4.69) is 12.1 Å². The molecule has 3 heteroatoms. The molecule has 0 saturated heterocycles. The Hall–Kier alpha value is -2.13. The van der Waals surface area contributed by atoms with Gasteiger partial charge in [-0.1, -0.05) is 42.5 Å². The summed E-state index contributed by atoms with van der Waals surface area (Å²) in [4.78, 5) is 4.73. The molecule has 0 amide bonds. The lowest BCUT2D eigenvalue weighted by atomic mass is 9.99. The molecule has 1 unspecified atom stereocenters. The summed E-state index contributed by atoms with van der Waals surface area (Å²) in [5, 5.41) is 0. The first kappa shape index (κ1) is 12.9. The zero-order chi connectivity index (χ0) is 14.2. The van der Waals surface area contributed by atoms with Crippen LogP contribution in [-0.4, -0.2) is 11.4 Å². The van der Waals surface area contributed by atoms with Crippen LogP contribution >= 0.6 is 0 Å². The SMILES string of the molecule is CC1(C)N=C(c2ccccc2)C(c2ccc(N)cc2)O1. The standard InChI is InChI=1S/C17H18N2O/c1-17(2)19-15(12-6-4-3-5-7-12)16(20-17)13-8-10-14(18)11-9-13/h3-11,16H,18H2,1-2H3. The van der Waals surface area contributed by atoms with Crippen LogP contribution in [-0.2, 0) is 4.74 Å². The highest BCUT2D eigenvalue weighted by Crippen LogP contribution is 2.36. The monoisotopic (exact) mass is 266 g/mol. The third kappa shape index (κ3) is 2.45. The third-order valence-corrected chi connectivity index (χ3v) is 3.35. The summed E-state index contributed by atoms with van der Waals surface area (Å²) in [6.07, 6.45) is -0.145. The highest BCUT2D eigenvalue weighted by molar-refractivity contribution is 6.05. The molecule has 2 N–H and O–H groups in total. The van der Waals surface area contributed by atoms with E-state index in [-0.39, 0.29) is 6.10 Å². The van der Waals surface area contributed by atoms with Gasteiger partial charge < -0.3 is 10.5 Å². The van der Waals surface area contributed by atoms with Crippen molar-refractivity contribution in [3.05, 3.63) is 65.7 Å². The van der Waals surface area contributed by atoms with Crippen LogP contribution in [0.2, 0.25) is 0 Å². The molecular formula is C17H18N2O. The molecule has 2 aromatic carbocycles. The summed E-state index contributed by atoms with van der Waals surface area (Å²) >= 11 is 0. The van der Waals surface area contributed by atoms with Gasteiger partial charge in [0.15, 0.2) is 5.72 Å². The van der Waals surface area contributed by atoms with Crippen molar-refractivity contribution in [1.82, 2.24) is 0 Å². The predicted octanol–water partition coefficient (Wildman–Crippen LogP) is 3.57. The highest BCUT2D eigenvalue weighted by atomic mass is 16.5. The van der Waals surface area contributed by atoms with Crippen LogP contribution in [0.4, 0.5) is 5.69 Å². The molecule has 3 rings (SSSR count). The van der Waals surface area contributed by atoms with E-state index < -0.39 is 5.72 Å². The molecule has 3 nitrogen and oxygen atoms in total. The second-order valence-corrected chi connectivity index (χ2v) is 5.47.